The van der Waals surface area contributed by atoms with Gasteiger partial charge >= 0.3 is 0 Å². The van der Waals surface area contributed by atoms with Gasteiger partial charge in [0.25, 0.3) is 0 Å². The second-order valence-corrected chi connectivity index (χ2v) is 41.9. The molecule has 0 unspecified atom stereocenters. The fourth-order valence-corrected chi connectivity index (χ4v) is 21.2. The number of nitrogens with zero attached hydrogens (tertiary/aromatic N) is 9. The van der Waals surface area contributed by atoms with E-state index in [-0.39, 0.29) is 21.7 Å². The summed E-state index contributed by atoms with van der Waals surface area (Å²) >= 11 is 0. The molecule has 0 amide bonds. The number of hydrogen-bond acceptors (Lipinski definition) is 3. The average Bonchev–Trinajstić information content (AvgIpc) is 1.57. The van der Waals surface area contributed by atoms with E-state index in [2.05, 4.69) is 605 Å². The van der Waals surface area contributed by atoms with Gasteiger partial charge in [-0.15, -0.1) is 0 Å². The van der Waals surface area contributed by atoms with E-state index in [1.165, 1.54) is 131 Å². The smallest absolute Gasteiger partial charge is 0.0788 e. The molecule has 6 heterocycles. The van der Waals surface area contributed by atoms with Crippen LogP contribution in [0.2, 0.25) is 0 Å². The van der Waals surface area contributed by atoms with Gasteiger partial charge in [-0.2, -0.15) is 0 Å². The Balaban J connectivity index is 0.000000119. The van der Waals surface area contributed by atoms with Crippen molar-refractivity contribution in [2.75, 3.05) is 14.7 Å². The largest absolute Gasteiger partial charge is 0.315 e. The maximum Gasteiger partial charge on any atom is 0.0788 e. The molecule has 0 aliphatic heterocycles. The third-order valence-electron chi connectivity index (χ3n) is 28.6. The van der Waals surface area contributed by atoms with E-state index < -0.39 is 0 Å². The number of benzene rings is 19. The number of fused-ring (bicyclic) bond motifs is 16. The zero-order valence-corrected chi connectivity index (χ0v) is 83.1. The molecule has 0 fully saturated rings. The highest BCUT2D eigenvalue weighted by Gasteiger charge is 2.28. The minimum atomic E-state index is 0.0803. The summed E-state index contributed by atoms with van der Waals surface area (Å²) in [4.78, 5) is 7.09. The first-order valence-electron chi connectivity index (χ1n) is 49.9. The van der Waals surface area contributed by atoms with Crippen molar-refractivity contribution in [3.63, 3.8) is 0 Å². The third-order valence-corrected chi connectivity index (χ3v) is 28.6. The maximum absolute atomic E-state index is 2.46. The van der Waals surface area contributed by atoms with E-state index in [0.717, 1.165) is 85.3 Å². The van der Waals surface area contributed by atoms with Crippen LogP contribution in [0.25, 0.3) is 143 Å². The third kappa shape index (κ3) is 16.7. The Labute approximate surface area is 837 Å². The number of anilines is 9. The zero-order valence-electron chi connectivity index (χ0n) is 83.1. The van der Waals surface area contributed by atoms with Crippen molar-refractivity contribution in [2.45, 2.75) is 105 Å². The second kappa shape index (κ2) is 36.3. The van der Waals surface area contributed by atoms with Crippen LogP contribution in [-0.2, 0) is 21.7 Å². The van der Waals surface area contributed by atoms with Crippen LogP contribution in [0.1, 0.15) is 105 Å². The highest BCUT2D eigenvalue weighted by atomic mass is 15.2. The van der Waals surface area contributed by atoms with E-state index in [1.807, 2.05) is 0 Å². The highest BCUT2D eigenvalue weighted by molar-refractivity contribution is 6.21. The molecule has 143 heavy (non-hydrogen) atoms. The van der Waals surface area contributed by atoms with Gasteiger partial charge in [-0.1, -0.05) is 332 Å². The molecule has 0 N–H and O–H groups in total. The van der Waals surface area contributed by atoms with Crippen molar-refractivity contribution in [1.29, 1.82) is 0 Å². The first-order chi connectivity index (χ1) is 69.5. The van der Waals surface area contributed by atoms with Crippen LogP contribution in [0.15, 0.2) is 480 Å². The Bertz CT molecular complexity index is 8870. The molecule has 0 saturated heterocycles. The van der Waals surface area contributed by atoms with Crippen LogP contribution in [-0.4, -0.2) is 27.4 Å². The van der Waals surface area contributed by atoms with Crippen LogP contribution in [0.3, 0.4) is 0 Å². The van der Waals surface area contributed by atoms with Gasteiger partial charge in [-0.25, -0.2) is 0 Å². The SMILES string of the molecule is CC(C)(C)c1ccc(N(c2ccc(-n3c4ccccc4c4ccc5ccn(-c6ccccc6)c5c43)cc2)c2ccc(C(C)(C)C)cc2)cc1.CC(C)(C)c1ccc(N(c2ccc(C(C)(C)C)cc2)c2cccc(-n3c4ccccc4c4ccc5ccn(-c6ccccc6)c5c43)c2)cc1.c1ccc(N(c2ccc(-n3c4ccccc4c4ccc5ccn(-c6ccccc6)c5c43)cc2)c2ccc3ccccc3c2)cc1. The Morgan fingerprint density at radius 2 is 0.399 bits per heavy atom. The van der Waals surface area contributed by atoms with Crippen LogP contribution in [0.4, 0.5) is 51.2 Å². The lowest BCUT2D eigenvalue weighted by Crippen LogP contribution is -2.14. The van der Waals surface area contributed by atoms with E-state index in [4.69, 9.17) is 0 Å². The van der Waals surface area contributed by atoms with Crippen molar-refractivity contribution >= 4 is 160 Å². The molecular formula is C134H115N9. The summed E-state index contributed by atoms with van der Waals surface area (Å²) in [6, 6.07) is 168. The Hall–Kier alpha value is -17.1. The molecule has 25 rings (SSSR count). The average molecular weight is 1850 g/mol. The maximum atomic E-state index is 2.46. The molecule has 0 radical (unpaired) electrons. The van der Waals surface area contributed by atoms with Crippen molar-refractivity contribution in [2.24, 2.45) is 0 Å². The quantitative estimate of drug-likeness (QED) is 0.103. The topological polar surface area (TPSA) is 39.3 Å². The highest BCUT2D eigenvalue weighted by Crippen LogP contribution is 2.48. The Morgan fingerprint density at radius 1 is 0.154 bits per heavy atom. The molecule has 9 nitrogen and oxygen atoms in total. The predicted octanol–water partition coefficient (Wildman–Crippen LogP) is 36.9. The second-order valence-electron chi connectivity index (χ2n) is 41.9. The van der Waals surface area contributed by atoms with E-state index in [1.54, 1.807) is 0 Å². The van der Waals surface area contributed by atoms with Crippen LogP contribution in [0, 0.1) is 0 Å². The predicted molar refractivity (Wildman–Crippen MR) is 609 cm³/mol. The fourth-order valence-electron chi connectivity index (χ4n) is 21.2. The van der Waals surface area contributed by atoms with Gasteiger partial charge in [0.2, 0.25) is 0 Å². The zero-order chi connectivity index (χ0) is 97.6. The number of aromatic nitrogens is 6. The van der Waals surface area contributed by atoms with Gasteiger partial charge in [-0.05, 0) is 267 Å². The molecule has 9 heteroatoms. The molecule has 0 saturated carbocycles. The Kier molecular flexibility index (Phi) is 22.8. The Morgan fingerprint density at radius 3 is 0.734 bits per heavy atom. The number of hydrogen-bond donors (Lipinski definition) is 0. The van der Waals surface area contributed by atoms with Gasteiger partial charge in [0.15, 0.2) is 0 Å². The summed E-state index contributed by atoms with van der Waals surface area (Å²) in [5, 5.41) is 13.6. The summed E-state index contributed by atoms with van der Waals surface area (Å²) in [5.74, 6) is 0. The molecule has 6 aromatic heterocycles. The van der Waals surface area contributed by atoms with Gasteiger partial charge in [0.05, 0.1) is 49.7 Å². The van der Waals surface area contributed by atoms with Crippen LogP contribution in [0.5, 0.6) is 0 Å². The van der Waals surface area contributed by atoms with Crippen molar-refractivity contribution in [3.05, 3.63) is 502 Å². The lowest BCUT2D eigenvalue weighted by molar-refractivity contribution is 0.590. The molecule has 696 valence electrons. The molecule has 0 aliphatic carbocycles. The summed E-state index contributed by atoms with van der Waals surface area (Å²) in [7, 11) is 0. The van der Waals surface area contributed by atoms with E-state index in [9.17, 15) is 0 Å². The summed E-state index contributed by atoms with van der Waals surface area (Å²) < 4.78 is 14.3. The minimum absolute atomic E-state index is 0.0803. The normalized spacial score (nSPS) is 12.1. The molecule has 25 aromatic rings. The molecule has 0 aliphatic rings. The summed E-state index contributed by atoms with van der Waals surface area (Å²) in [6.45, 7) is 27.2. The van der Waals surface area contributed by atoms with Crippen LogP contribution < -0.4 is 14.7 Å². The summed E-state index contributed by atoms with van der Waals surface area (Å²) in [6.07, 6.45) is 6.58. The molecule has 19 aromatic carbocycles. The van der Waals surface area contributed by atoms with Crippen molar-refractivity contribution in [3.8, 4) is 34.1 Å². The lowest BCUT2D eigenvalue weighted by Gasteiger charge is -2.28. The van der Waals surface area contributed by atoms with E-state index in [0.29, 0.717) is 0 Å². The van der Waals surface area contributed by atoms with Crippen molar-refractivity contribution in [1.82, 2.24) is 27.4 Å². The summed E-state index contributed by atoms with van der Waals surface area (Å²) in [5.41, 5.74) is 33.5. The molecule has 0 spiro atoms. The number of rotatable bonds is 15. The fraction of sp³-hybridized carbons (Fsp3) is 0.119. The minimum Gasteiger partial charge on any atom is -0.315 e. The first kappa shape index (κ1) is 89.7. The molecular weight excluding hydrogens is 1740 g/mol. The van der Waals surface area contributed by atoms with Gasteiger partial charge < -0.3 is 42.1 Å². The molecule has 0 atom stereocenters. The van der Waals surface area contributed by atoms with Crippen molar-refractivity contribution < 1.29 is 0 Å². The van der Waals surface area contributed by atoms with E-state index >= 15 is 0 Å². The van der Waals surface area contributed by atoms with Gasteiger partial charge in [-0.3, -0.25) is 0 Å². The monoisotopic (exact) mass is 1850 g/mol. The van der Waals surface area contributed by atoms with Gasteiger partial charge in [0.1, 0.15) is 0 Å². The van der Waals surface area contributed by atoms with Crippen LogP contribution >= 0.6 is 0 Å². The first-order valence-corrected chi connectivity index (χ1v) is 49.9. The lowest BCUT2D eigenvalue weighted by atomic mass is 9.86. The molecule has 0 bridgehead atoms. The standard InChI is InChI=1S/2C46H43N3.C42H29N3/c1-45(2,3)33-20-24-36(25-21-33)48(37-26-22-34(23-27-37)46(4,5)6)38-15-12-16-39(31-38)49-42-18-11-10-17-40(42)41-28-19-32-29-30-47(43(32)44(41)49)35-13-8-7-9-14-35;1-45(2,3)33-17-21-36(22-18-33)48(37-23-19-34(20-24-37)46(4,5)6)38-25-27-39(28-26-38)49-42-15-11-10-14-40(42)41-29-16-32-30-31-47(43(32)44(41)49)35-12-8-7-9-13-35;1-3-13-33(14-4-1)43-28-27-31-20-26-39-38-17-9-10-18-40(38)45(42(39)41(31)43)36-24-22-35(23-25-36)44(34-15-5-2-6-16-34)37-21-19-30-11-7-8-12-32(30)29-37/h2*7-31H,1-6H3;1-29H. The van der Waals surface area contributed by atoms with Gasteiger partial charge in [0, 0.05) is 152 Å². The number of para-hydroxylation sites is 7.